The number of hydrogen-bond acceptors (Lipinski definition) is 8. The van der Waals surface area contributed by atoms with Gasteiger partial charge in [-0.1, -0.05) is 11.2 Å². The second-order valence-corrected chi connectivity index (χ2v) is 7.16. The summed E-state index contributed by atoms with van der Waals surface area (Å²) in [6, 6.07) is 11.4. The van der Waals surface area contributed by atoms with Crippen molar-refractivity contribution in [1.82, 2.24) is 15.1 Å². The first-order valence-corrected chi connectivity index (χ1v) is 10.3. The zero-order chi connectivity index (χ0) is 21.6. The van der Waals surface area contributed by atoms with Crippen LogP contribution in [0.25, 0.3) is 11.4 Å². The van der Waals surface area contributed by atoms with Crippen molar-refractivity contribution < 1.29 is 18.8 Å². The molecule has 3 heterocycles. The zero-order valence-electron chi connectivity index (χ0n) is 17.6. The third-order valence-corrected chi connectivity index (χ3v) is 5.19. The second-order valence-electron chi connectivity index (χ2n) is 7.16. The van der Waals surface area contributed by atoms with Gasteiger partial charge in [0.2, 0.25) is 11.7 Å². The van der Waals surface area contributed by atoms with Gasteiger partial charge in [0.05, 0.1) is 13.7 Å². The standard InChI is InChI=1S/C22H25N5O4/c1-3-30-17-8-7-16(14-18(17)29-2)20-25-22(31-26-20)27-12-9-15(10-13-27)21(28)24-19-6-4-5-11-23-19/h4-8,11,14-15H,3,9-10,12-13H2,1-2H3,(H,23,24,28). The molecule has 1 N–H and O–H groups in total. The van der Waals surface area contributed by atoms with Gasteiger partial charge in [0.15, 0.2) is 11.5 Å². The van der Waals surface area contributed by atoms with Gasteiger partial charge in [-0.2, -0.15) is 4.98 Å². The van der Waals surface area contributed by atoms with E-state index < -0.39 is 0 Å². The Balaban J connectivity index is 1.38. The highest BCUT2D eigenvalue weighted by Crippen LogP contribution is 2.32. The van der Waals surface area contributed by atoms with Crippen molar-refractivity contribution >= 4 is 17.7 Å². The Labute approximate surface area is 180 Å². The molecule has 4 rings (SSSR count). The Hall–Kier alpha value is -3.62. The van der Waals surface area contributed by atoms with Gasteiger partial charge in [-0.15, -0.1) is 0 Å². The summed E-state index contributed by atoms with van der Waals surface area (Å²) in [7, 11) is 1.59. The average Bonchev–Trinajstić information content (AvgIpc) is 3.30. The summed E-state index contributed by atoms with van der Waals surface area (Å²) in [5.41, 5.74) is 0.778. The molecule has 0 saturated carbocycles. The maximum absolute atomic E-state index is 12.5. The average molecular weight is 423 g/mol. The van der Waals surface area contributed by atoms with E-state index in [0.717, 1.165) is 5.56 Å². The fourth-order valence-corrected chi connectivity index (χ4v) is 3.54. The van der Waals surface area contributed by atoms with Crippen LogP contribution in [0.4, 0.5) is 11.8 Å². The Morgan fingerprint density at radius 3 is 2.77 bits per heavy atom. The summed E-state index contributed by atoms with van der Waals surface area (Å²) in [5, 5.41) is 6.99. The minimum Gasteiger partial charge on any atom is -0.493 e. The minimum atomic E-state index is -0.0731. The molecule has 0 aliphatic carbocycles. The van der Waals surface area contributed by atoms with Gasteiger partial charge >= 0.3 is 6.01 Å². The van der Waals surface area contributed by atoms with Crippen molar-refractivity contribution in [3.05, 3.63) is 42.6 Å². The number of carbonyl (C=O) groups excluding carboxylic acids is 1. The van der Waals surface area contributed by atoms with E-state index >= 15 is 0 Å². The van der Waals surface area contributed by atoms with Crippen molar-refractivity contribution in [2.75, 3.05) is 37.0 Å². The van der Waals surface area contributed by atoms with Gasteiger partial charge < -0.3 is 24.2 Å². The van der Waals surface area contributed by atoms with E-state index in [1.54, 1.807) is 19.4 Å². The summed E-state index contributed by atoms with van der Waals surface area (Å²) in [5.74, 6) is 2.25. The molecule has 0 atom stereocenters. The molecule has 1 amide bonds. The predicted octanol–water partition coefficient (Wildman–Crippen LogP) is 3.39. The number of amides is 1. The molecule has 162 valence electrons. The van der Waals surface area contributed by atoms with E-state index in [1.165, 1.54) is 0 Å². The van der Waals surface area contributed by atoms with Crippen LogP contribution in [-0.2, 0) is 4.79 Å². The van der Waals surface area contributed by atoms with Crippen LogP contribution in [0.15, 0.2) is 47.1 Å². The number of piperidine rings is 1. The molecule has 1 aromatic carbocycles. The normalized spacial score (nSPS) is 14.3. The molecule has 9 heteroatoms. The Bertz CT molecular complexity index is 1020. The van der Waals surface area contributed by atoms with Crippen LogP contribution in [0.5, 0.6) is 11.5 Å². The highest BCUT2D eigenvalue weighted by Gasteiger charge is 2.28. The van der Waals surface area contributed by atoms with Crippen molar-refractivity contribution in [3.8, 4) is 22.9 Å². The van der Waals surface area contributed by atoms with Gasteiger partial charge in [-0.25, -0.2) is 4.98 Å². The number of anilines is 2. The maximum Gasteiger partial charge on any atom is 0.324 e. The third-order valence-electron chi connectivity index (χ3n) is 5.19. The highest BCUT2D eigenvalue weighted by molar-refractivity contribution is 5.91. The largest absolute Gasteiger partial charge is 0.493 e. The Morgan fingerprint density at radius 1 is 1.23 bits per heavy atom. The molecule has 1 saturated heterocycles. The summed E-state index contributed by atoms with van der Waals surface area (Å²) < 4.78 is 16.4. The van der Waals surface area contributed by atoms with Gasteiger partial charge in [0, 0.05) is 30.8 Å². The van der Waals surface area contributed by atoms with Gasteiger partial charge in [-0.05, 0) is 50.1 Å². The van der Waals surface area contributed by atoms with Gasteiger partial charge in [-0.3, -0.25) is 4.79 Å². The maximum atomic E-state index is 12.5. The molecule has 0 bridgehead atoms. The lowest BCUT2D eigenvalue weighted by molar-refractivity contribution is -0.120. The van der Waals surface area contributed by atoms with Crippen molar-refractivity contribution in [2.45, 2.75) is 19.8 Å². The van der Waals surface area contributed by atoms with Gasteiger partial charge in [0.25, 0.3) is 0 Å². The summed E-state index contributed by atoms with van der Waals surface area (Å²) in [4.78, 5) is 23.2. The van der Waals surface area contributed by atoms with Crippen LogP contribution in [0.1, 0.15) is 19.8 Å². The summed E-state index contributed by atoms with van der Waals surface area (Å²) in [6.45, 7) is 3.80. The smallest absolute Gasteiger partial charge is 0.324 e. The number of benzene rings is 1. The van der Waals surface area contributed by atoms with Crippen LogP contribution >= 0.6 is 0 Å². The number of nitrogens with zero attached hydrogens (tertiary/aromatic N) is 4. The van der Waals surface area contributed by atoms with Gasteiger partial charge in [0.1, 0.15) is 5.82 Å². The molecule has 9 nitrogen and oxygen atoms in total. The molecule has 1 aliphatic rings. The van der Waals surface area contributed by atoms with Crippen LogP contribution in [0.3, 0.4) is 0 Å². The van der Waals surface area contributed by atoms with E-state index in [2.05, 4.69) is 20.4 Å². The minimum absolute atomic E-state index is 0.00829. The highest BCUT2D eigenvalue weighted by atomic mass is 16.5. The lowest BCUT2D eigenvalue weighted by Crippen LogP contribution is -2.38. The Kier molecular flexibility index (Phi) is 6.30. The molecule has 1 aliphatic heterocycles. The second kappa shape index (κ2) is 9.46. The van der Waals surface area contributed by atoms with E-state index in [0.29, 0.717) is 61.7 Å². The number of ether oxygens (including phenoxy) is 2. The first-order valence-electron chi connectivity index (χ1n) is 10.3. The van der Waals surface area contributed by atoms with Crippen molar-refractivity contribution in [2.24, 2.45) is 5.92 Å². The number of nitrogens with one attached hydrogen (secondary N) is 1. The first-order chi connectivity index (χ1) is 15.2. The third kappa shape index (κ3) is 4.76. The van der Waals surface area contributed by atoms with E-state index in [9.17, 15) is 4.79 Å². The molecule has 3 aromatic rings. The fourth-order valence-electron chi connectivity index (χ4n) is 3.54. The Morgan fingerprint density at radius 2 is 2.06 bits per heavy atom. The molecule has 1 fully saturated rings. The number of hydrogen-bond donors (Lipinski definition) is 1. The predicted molar refractivity (Wildman–Crippen MR) is 115 cm³/mol. The molecule has 31 heavy (non-hydrogen) atoms. The van der Waals surface area contributed by atoms with Crippen molar-refractivity contribution in [1.29, 1.82) is 0 Å². The molecule has 0 radical (unpaired) electrons. The molecular formula is C22H25N5O4. The number of methoxy groups -OCH3 is 1. The lowest BCUT2D eigenvalue weighted by Gasteiger charge is -2.29. The topological polar surface area (TPSA) is 103 Å². The van der Waals surface area contributed by atoms with E-state index in [-0.39, 0.29) is 11.8 Å². The SMILES string of the molecule is CCOc1ccc(-c2noc(N3CCC(C(=O)Nc4ccccn4)CC3)n2)cc1OC. The molecule has 2 aromatic heterocycles. The lowest BCUT2D eigenvalue weighted by atomic mass is 9.96. The van der Waals surface area contributed by atoms with E-state index in [4.69, 9.17) is 14.0 Å². The van der Waals surface area contributed by atoms with Crippen LogP contribution in [-0.4, -0.2) is 47.8 Å². The quantitative estimate of drug-likeness (QED) is 0.617. The molecule has 0 spiro atoms. The number of pyridine rings is 1. The van der Waals surface area contributed by atoms with Crippen LogP contribution < -0.4 is 19.7 Å². The van der Waals surface area contributed by atoms with Crippen LogP contribution in [0, 0.1) is 5.92 Å². The summed E-state index contributed by atoms with van der Waals surface area (Å²) in [6.07, 6.45) is 3.06. The van der Waals surface area contributed by atoms with E-state index in [1.807, 2.05) is 42.2 Å². The zero-order valence-corrected chi connectivity index (χ0v) is 17.6. The summed E-state index contributed by atoms with van der Waals surface area (Å²) >= 11 is 0. The number of carbonyl (C=O) groups is 1. The number of aromatic nitrogens is 3. The van der Waals surface area contributed by atoms with Crippen molar-refractivity contribution in [3.63, 3.8) is 0 Å². The molecule has 0 unspecified atom stereocenters. The van der Waals surface area contributed by atoms with Crippen LogP contribution in [0.2, 0.25) is 0 Å². The fraction of sp³-hybridized carbons (Fsp3) is 0.364. The monoisotopic (exact) mass is 423 g/mol. The first kappa shape index (κ1) is 20.6. The number of rotatable bonds is 7. The molecular weight excluding hydrogens is 398 g/mol.